The molecule has 3 heterocycles. The number of carbonyl (C=O) groups is 1. The van der Waals surface area contributed by atoms with Gasteiger partial charge in [0.2, 0.25) is 0 Å². The first kappa shape index (κ1) is 27.8. The number of anilines is 2. The molecule has 2 aliphatic heterocycles. The zero-order valence-corrected chi connectivity index (χ0v) is 23.1. The van der Waals surface area contributed by atoms with Crippen molar-refractivity contribution < 1.29 is 22.7 Å². The van der Waals surface area contributed by atoms with Crippen LogP contribution in [-0.2, 0) is 4.74 Å². The second-order valence-electron chi connectivity index (χ2n) is 11.3. The molecule has 1 aliphatic carbocycles. The molecular formula is C28H34F3N5O2S. The van der Waals surface area contributed by atoms with Gasteiger partial charge in [-0.3, -0.25) is 14.5 Å². The molecule has 2 fully saturated rings. The second-order valence-corrected chi connectivity index (χ2v) is 12.2. The van der Waals surface area contributed by atoms with Gasteiger partial charge in [0.05, 0.1) is 11.0 Å². The number of pyridine rings is 1. The summed E-state index contributed by atoms with van der Waals surface area (Å²) in [6.45, 7) is 7.26. The quantitative estimate of drug-likeness (QED) is 0.361. The van der Waals surface area contributed by atoms with E-state index in [4.69, 9.17) is 9.72 Å². The lowest BCUT2D eigenvalue weighted by Crippen LogP contribution is -2.41. The highest BCUT2D eigenvalue weighted by molar-refractivity contribution is 7.98. The summed E-state index contributed by atoms with van der Waals surface area (Å²) < 4.78 is 48.3. The van der Waals surface area contributed by atoms with Gasteiger partial charge in [-0.2, -0.15) is 18.6 Å². The summed E-state index contributed by atoms with van der Waals surface area (Å²) in [6.07, 6.45) is 0.00465. The maximum atomic E-state index is 13.3. The lowest BCUT2D eigenvalue weighted by molar-refractivity contribution is -0.192. The molecule has 2 atom stereocenters. The van der Waals surface area contributed by atoms with Crippen LogP contribution in [0.2, 0.25) is 0 Å². The molecule has 1 saturated heterocycles. The van der Waals surface area contributed by atoms with Crippen molar-refractivity contribution in [2.75, 3.05) is 23.1 Å². The Hall–Kier alpha value is -2.76. The predicted molar refractivity (Wildman–Crippen MR) is 146 cm³/mol. The number of hydrazine groups is 1. The number of ether oxygens (including phenoxy) is 1. The first-order valence-electron chi connectivity index (χ1n) is 13.2. The SMILES string of the molecule is C[C@@H]1CN(c2nc(N3C=CC(OCCC4(C(F)(F)F)CC4)N3)ccc2C(=O)NSc2ccccc2)C(C)(C)C1. The normalized spacial score (nSPS) is 23.3. The summed E-state index contributed by atoms with van der Waals surface area (Å²) in [5, 5.41) is 1.68. The van der Waals surface area contributed by atoms with Crippen molar-refractivity contribution in [1.82, 2.24) is 15.1 Å². The third-order valence-corrected chi connectivity index (χ3v) is 8.49. The third-order valence-electron chi connectivity index (χ3n) is 7.69. The Kier molecular flexibility index (Phi) is 7.60. The van der Waals surface area contributed by atoms with Crippen LogP contribution in [0.3, 0.4) is 0 Å². The van der Waals surface area contributed by atoms with Gasteiger partial charge in [-0.1, -0.05) is 25.1 Å². The molecule has 5 rings (SSSR count). The third kappa shape index (κ3) is 6.05. The van der Waals surface area contributed by atoms with Crippen molar-refractivity contribution in [3.8, 4) is 0 Å². The highest BCUT2D eigenvalue weighted by atomic mass is 32.2. The molecule has 1 aromatic heterocycles. The van der Waals surface area contributed by atoms with Crippen molar-refractivity contribution in [2.45, 2.75) is 69.3 Å². The number of alkyl halides is 3. The van der Waals surface area contributed by atoms with Gasteiger partial charge in [-0.15, -0.1) is 0 Å². The number of nitrogens with zero attached hydrogens (tertiary/aromatic N) is 3. The van der Waals surface area contributed by atoms with Crippen LogP contribution in [0.1, 0.15) is 56.8 Å². The van der Waals surface area contributed by atoms with Crippen molar-refractivity contribution in [2.24, 2.45) is 11.3 Å². The predicted octanol–water partition coefficient (Wildman–Crippen LogP) is 6.06. The number of hydrogen-bond donors (Lipinski definition) is 2. The molecule has 2 N–H and O–H groups in total. The standard InChI is InChI=1S/C28H34F3N5O2S/c1-19-17-26(2,3)35(18-19)24-21(25(37)34-39-20-7-5-4-6-8-20)9-10-22(32-24)36-15-11-23(33-36)38-16-14-27(12-13-27)28(29,30)31/h4-11,15,19,23,33H,12-14,16-18H2,1-3H3,(H,34,37)/t19-,23?/m0/s1. The van der Waals surface area contributed by atoms with Crippen LogP contribution >= 0.6 is 11.9 Å². The van der Waals surface area contributed by atoms with Gasteiger partial charge in [0.15, 0.2) is 0 Å². The van der Waals surface area contributed by atoms with Crippen LogP contribution in [0.4, 0.5) is 24.8 Å². The van der Waals surface area contributed by atoms with Crippen molar-refractivity contribution in [1.29, 1.82) is 0 Å². The Balaban J connectivity index is 1.29. The minimum absolute atomic E-state index is 0.00603. The Morgan fingerprint density at radius 1 is 1.21 bits per heavy atom. The molecule has 7 nitrogen and oxygen atoms in total. The van der Waals surface area contributed by atoms with E-state index >= 15 is 0 Å². The molecule has 1 saturated carbocycles. The monoisotopic (exact) mass is 561 g/mol. The van der Waals surface area contributed by atoms with Gasteiger partial charge < -0.3 is 9.64 Å². The maximum absolute atomic E-state index is 13.3. The fourth-order valence-corrected chi connectivity index (χ4v) is 6.01. The van der Waals surface area contributed by atoms with Gasteiger partial charge >= 0.3 is 6.18 Å². The van der Waals surface area contributed by atoms with E-state index in [9.17, 15) is 18.0 Å². The number of aromatic nitrogens is 1. The summed E-state index contributed by atoms with van der Waals surface area (Å²) in [4.78, 5) is 21.3. The fraction of sp³-hybridized carbons (Fsp3) is 0.500. The highest BCUT2D eigenvalue weighted by Crippen LogP contribution is 2.59. The average molecular weight is 562 g/mol. The summed E-state index contributed by atoms with van der Waals surface area (Å²) >= 11 is 1.25. The first-order chi connectivity index (χ1) is 18.5. The minimum Gasteiger partial charge on any atom is -0.358 e. The van der Waals surface area contributed by atoms with E-state index in [0.717, 1.165) is 17.9 Å². The number of rotatable bonds is 9. The smallest absolute Gasteiger partial charge is 0.358 e. The summed E-state index contributed by atoms with van der Waals surface area (Å²) in [5.74, 6) is 1.35. The van der Waals surface area contributed by atoms with Gasteiger partial charge in [-0.25, -0.2) is 4.98 Å². The minimum atomic E-state index is -4.18. The largest absolute Gasteiger partial charge is 0.394 e. The van der Waals surface area contributed by atoms with E-state index in [-0.39, 0.29) is 37.3 Å². The molecule has 39 heavy (non-hydrogen) atoms. The molecular weight excluding hydrogens is 527 g/mol. The van der Waals surface area contributed by atoms with Gasteiger partial charge in [0, 0.05) is 29.8 Å². The van der Waals surface area contributed by atoms with Crippen LogP contribution in [-0.4, -0.2) is 42.0 Å². The number of hydrogen-bond acceptors (Lipinski definition) is 7. The molecule has 1 amide bonds. The van der Waals surface area contributed by atoms with Gasteiger partial charge in [0.1, 0.15) is 17.9 Å². The number of nitrogens with one attached hydrogen (secondary N) is 2. The van der Waals surface area contributed by atoms with Crippen LogP contribution in [0.15, 0.2) is 59.6 Å². The zero-order valence-electron chi connectivity index (χ0n) is 22.3. The first-order valence-corrected chi connectivity index (χ1v) is 14.0. The number of carbonyl (C=O) groups excluding carboxylic acids is 1. The molecule has 2 aromatic rings. The Morgan fingerprint density at radius 2 is 1.95 bits per heavy atom. The second kappa shape index (κ2) is 10.7. The van der Waals surface area contributed by atoms with E-state index in [2.05, 4.69) is 35.8 Å². The Bertz CT molecular complexity index is 1220. The maximum Gasteiger partial charge on any atom is 0.394 e. The van der Waals surface area contributed by atoms with Crippen molar-refractivity contribution in [3.05, 3.63) is 60.3 Å². The Labute approximate surface area is 231 Å². The van der Waals surface area contributed by atoms with E-state index in [0.29, 0.717) is 23.1 Å². The van der Waals surface area contributed by atoms with E-state index < -0.39 is 17.8 Å². The van der Waals surface area contributed by atoms with Crippen LogP contribution < -0.4 is 20.1 Å². The van der Waals surface area contributed by atoms with Gasteiger partial charge in [-0.05, 0) is 87.7 Å². The van der Waals surface area contributed by atoms with Crippen molar-refractivity contribution in [3.63, 3.8) is 0 Å². The summed E-state index contributed by atoms with van der Waals surface area (Å²) in [5.41, 5.74) is 1.83. The van der Waals surface area contributed by atoms with E-state index in [1.807, 2.05) is 30.3 Å². The van der Waals surface area contributed by atoms with Crippen LogP contribution in [0.5, 0.6) is 0 Å². The number of amides is 1. The fourth-order valence-electron chi connectivity index (χ4n) is 5.39. The zero-order chi connectivity index (χ0) is 27.8. The lowest BCUT2D eigenvalue weighted by Gasteiger charge is -2.34. The molecule has 0 spiro atoms. The van der Waals surface area contributed by atoms with E-state index in [1.165, 1.54) is 11.9 Å². The summed E-state index contributed by atoms with van der Waals surface area (Å²) in [6, 6.07) is 13.1. The molecule has 0 radical (unpaired) electrons. The van der Waals surface area contributed by atoms with Crippen LogP contribution in [0.25, 0.3) is 0 Å². The molecule has 11 heteroatoms. The summed E-state index contributed by atoms with van der Waals surface area (Å²) in [7, 11) is 0. The molecule has 3 aliphatic rings. The molecule has 0 bridgehead atoms. The number of benzene rings is 1. The topological polar surface area (TPSA) is 69.7 Å². The molecule has 210 valence electrons. The Morgan fingerprint density at radius 3 is 2.59 bits per heavy atom. The van der Waals surface area contributed by atoms with Gasteiger partial charge in [0.25, 0.3) is 5.91 Å². The van der Waals surface area contributed by atoms with E-state index in [1.54, 1.807) is 29.4 Å². The lowest BCUT2D eigenvalue weighted by atomic mass is 9.97. The average Bonchev–Trinajstić information content (AvgIpc) is 3.46. The number of halogens is 3. The van der Waals surface area contributed by atoms with Crippen molar-refractivity contribution >= 4 is 29.5 Å². The molecule has 1 unspecified atom stereocenters. The molecule has 1 aromatic carbocycles. The highest BCUT2D eigenvalue weighted by Gasteiger charge is 2.62. The van der Waals surface area contributed by atoms with Crippen LogP contribution in [0, 0.1) is 11.3 Å².